The molecule has 0 aliphatic carbocycles. The number of hydrogen-bond donors (Lipinski definition) is 1. The van der Waals surface area contributed by atoms with Crippen LogP contribution >= 0.6 is 0 Å². The van der Waals surface area contributed by atoms with Crippen LogP contribution < -0.4 is 10.2 Å². The zero-order valence-electron chi connectivity index (χ0n) is 16.9. The van der Waals surface area contributed by atoms with Crippen molar-refractivity contribution in [3.05, 3.63) is 47.8 Å². The van der Waals surface area contributed by atoms with Crippen molar-refractivity contribution in [2.24, 2.45) is 0 Å². The Bertz CT molecular complexity index is 1040. The predicted octanol–water partition coefficient (Wildman–Crippen LogP) is 2.47. The molecule has 1 aliphatic heterocycles. The van der Waals surface area contributed by atoms with Crippen LogP contribution in [-0.4, -0.2) is 51.9 Å². The van der Waals surface area contributed by atoms with Gasteiger partial charge in [0, 0.05) is 31.6 Å². The fourth-order valence-corrected chi connectivity index (χ4v) is 3.53. The maximum atomic E-state index is 12.3. The summed E-state index contributed by atoms with van der Waals surface area (Å²) in [5.74, 6) is 1.01. The van der Waals surface area contributed by atoms with Crippen molar-refractivity contribution in [3.63, 3.8) is 0 Å². The molecular formula is C21H24N6O3. The molecule has 0 atom stereocenters. The molecule has 0 spiro atoms. The van der Waals surface area contributed by atoms with Crippen molar-refractivity contribution in [1.29, 1.82) is 0 Å². The van der Waals surface area contributed by atoms with Gasteiger partial charge >= 0.3 is 5.97 Å². The minimum atomic E-state index is -0.414. The summed E-state index contributed by atoms with van der Waals surface area (Å²) in [7, 11) is 1.33. The monoisotopic (exact) mass is 408 g/mol. The third-order valence-corrected chi connectivity index (χ3v) is 5.16. The highest BCUT2D eigenvalue weighted by Crippen LogP contribution is 2.18. The zero-order chi connectivity index (χ0) is 20.9. The molecule has 9 heteroatoms. The number of carbonyl (C=O) groups is 2. The van der Waals surface area contributed by atoms with E-state index in [-0.39, 0.29) is 12.3 Å². The van der Waals surface area contributed by atoms with Crippen LogP contribution in [0.2, 0.25) is 0 Å². The number of carbonyl (C=O) groups excluding carboxylic acids is 2. The van der Waals surface area contributed by atoms with Gasteiger partial charge < -0.3 is 15.0 Å². The van der Waals surface area contributed by atoms with E-state index in [1.807, 2.05) is 12.1 Å². The molecule has 1 fully saturated rings. The van der Waals surface area contributed by atoms with E-state index in [0.717, 1.165) is 18.9 Å². The van der Waals surface area contributed by atoms with Crippen LogP contribution in [0.3, 0.4) is 0 Å². The van der Waals surface area contributed by atoms with E-state index >= 15 is 0 Å². The number of benzene rings is 1. The predicted molar refractivity (Wildman–Crippen MR) is 112 cm³/mol. The van der Waals surface area contributed by atoms with Gasteiger partial charge in [0.1, 0.15) is 5.82 Å². The molecule has 156 valence electrons. The van der Waals surface area contributed by atoms with Gasteiger partial charge in [-0.2, -0.15) is 4.52 Å². The molecule has 0 radical (unpaired) electrons. The summed E-state index contributed by atoms with van der Waals surface area (Å²) < 4.78 is 6.39. The van der Waals surface area contributed by atoms with Gasteiger partial charge in [-0.1, -0.05) is 0 Å². The van der Waals surface area contributed by atoms with Gasteiger partial charge in [0.05, 0.1) is 12.7 Å². The molecular weight excluding hydrogens is 384 g/mol. The highest BCUT2D eigenvalue weighted by Gasteiger charge is 2.15. The van der Waals surface area contributed by atoms with Gasteiger partial charge in [0.15, 0.2) is 11.5 Å². The molecule has 1 amide bonds. The van der Waals surface area contributed by atoms with E-state index in [9.17, 15) is 9.59 Å². The molecule has 1 aromatic carbocycles. The summed E-state index contributed by atoms with van der Waals surface area (Å²) >= 11 is 0. The molecule has 1 aliphatic rings. The van der Waals surface area contributed by atoms with Crippen molar-refractivity contribution in [2.75, 3.05) is 30.4 Å². The van der Waals surface area contributed by atoms with E-state index in [2.05, 4.69) is 25.2 Å². The first-order chi connectivity index (χ1) is 14.6. The van der Waals surface area contributed by atoms with Gasteiger partial charge in [-0.25, -0.2) is 4.79 Å². The Hall–Kier alpha value is -3.49. The number of nitrogens with one attached hydrogen (secondary N) is 1. The van der Waals surface area contributed by atoms with Crippen LogP contribution in [0, 0.1) is 0 Å². The quantitative estimate of drug-likeness (QED) is 0.625. The number of aromatic nitrogens is 4. The average Bonchev–Trinajstić information content (AvgIpc) is 3.20. The number of nitrogens with zero attached hydrogens (tertiary/aromatic N) is 5. The first-order valence-corrected chi connectivity index (χ1v) is 10.1. The number of fused-ring (bicyclic) bond motifs is 1. The van der Waals surface area contributed by atoms with Gasteiger partial charge in [-0.15, -0.1) is 15.3 Å². The molecule has 0 unspecified atom stereocenters. The number of methoxy groups -OCH3 is 1. The molecule has 3 aromatic rings. The van der Waals surface area contributed by atoms with Crippen molar-refractivity contribution in [3.8, 4) is 0 Å². The molecule has 4 rings (SSSR count). The largest absolute Gasteiger partial charge is 0.465 e. The van der Waals surface area contributed by atoms with Gasteiger partial charge in [-0.05, 0) is 55.7 Å². The topological polar surface area (TPSA) is 102 Å². The van der Waals surface area contributed by atoms with E-state index in [1.54, 1.807) is 28.8 Å². The molecule has 30 heavy (non-hydrogen) atoms. The summed E-state index contributed by atoms with van der Waals surface area (Å²) in [5, 5.41) is 15.9. The maximum Gasteiger partial charge on any atom is 0.337 e. The molecule has 9 nitrogen and oxygen atoms in total. The van der Waals surface area contributed by atoms with E-state index < -0.39 is 5.97 Å². The second-order valence-corrected chi connectivity index (χ2v) is 7.24. The standard InChI is InChI=1S/C21H24N6O3/c1-30-21(29)15-5-7-16(8-6-15)22-20(28)12-11-18-24-23-17-9-10-19(25-27(17)18)26-13-3-2-4-14-26/h5-10H,2-4,11-14H2,1H3,(H,22,28). The number of anilines is 2. The molecule has 2 aromatic heterocycles. The normalized spacial score (nSPS) is 14.0. The third-order valence-electron chi connectivity index (χ3n) is 5.16. The lowest BCUT2D eigenvalue weighted by Crippen LogP contribution is -2.30. The summed E-state index contributed by atoms with van der Waals surface area (Å²) in [6.07, 6.45) is 4.28. The SMILES string of the molecule is COC(=O)c1ccc(NC(=O)CCc2nnc3ccc(N4CCCCC4)nn23)cc1. The summed E-state index contributed by atoms with van der Waals surface area (Å²) in [6.45, 7) is 2.01. The number of amides is 1. The van der Waals surface area contributed by atoms with Crippen molar-refractivity contribution in [2.45, 2.75) is 32.1 Å². The Morgan fingerprint density at radius 3 is 2.53 bits per heavy atom. The van der Waals surface area contributed by atoms with Gasteiger partial charge in [-0.3, -0.25) is 4.79 Å². The lowest BCUT2D eigenvalue weighted by molar-refractivity contribution is -0.116. The Morgan fingerprint density at radius 1 is 1.03 bits per heavy atom. The highest BCUT2D eigenvalue weighted by molar-refractivity contribution is 5.93. The molecule has 3 heterocycles. The number of piperidine rings is 1. The summed E-state index contributed by atoms with van der Waals surface area (Å²) in [5.41, 5.74) is 1.72. The lowest BCUT2D eigenvalue weighted by atomic mass is 10.1. The van der Waals surface area contributed by atoms with Crippen LogP contribution in [0.4, 0.5) is 11.5 Å². The smallest absolute Gasteiger partial charge is 0.337 e. The first-order valence-electron chi connectivity index (χ1n) is 10.1. The minimum Gasteiger partial charge on any atom is -0.465 e. The van der Waals surface area contributed by atoms with Crippen LogP contribution in [0.5, 0.6) is 0 Å². The fourth-order valence-electron chi connectivity index (χ4n) is 3.53. The summed E-state index contributed by atoms with van der Waals surface area (Å²) in [6, 6.07) is 10.4. The van der Waals surface area contributed by atoms with E-state index in [0.29, 0.717) is 29.1 Å². The maximum absolute atomic E-state index is 12.3. The molecule has 0 bridgehead atoms. The Morgan fingerprint density at radius 2 is 1.80 bits per heavy atom. The second kappa shape index (κ2) is 8.89. The highest BCUT2D eigenvalue weighted by atomic mass is 16.5. The number of ether oxygens (including phenoxy) is 1. The Balaban J connectivity index is 1.39. The van der Waals surface area contributed by atoms with Crippen molar-refractivity contribution in [1.82, 2.24) is 19.8 Å². The van der Waals surface area contributed by atoms with Crippen LogP contribution in [-0.2, 0) is 16.0 Å². The van der Waals surface area contributed by atoms with E-state index in [4.69, 9.17) is 5.10 Å². The molecule has 1 saturated heterocycles. The Labute approximate surface area is 174 Å². The van der Waals surface area contributed by atoms with Gasteiger partial charge in [0.2, 0.25) is 5.91 Å². The number of rotatable bonds is 6. The summed E-state index contributed by atoms with van der Waals surface area (Å²) in [4.78, 5) is 26.1. The van der Waals surface area contributed by atoms with Crippen LogP contribution in [0.25, 0.3) is 5.65 Å². The zero-order valence-corrected chi connectivity index (χ0v) is 16.9. The Kier molecular flexibility index (Phi) is 5.87. The van der Waals surface area contributed by atoms with Crippen LogP contribution in [0.15, 0.2) is 36.4 Å². The van der Waals surface area contributed by atoms with E-state index in [1.165, 1.54) is 26.4 Å². The number of aryl methyl sites for hydroxylation is 1. The molecule has 1 N–H and O–H groups in total. The number of esters is 1. The van der Waals surface area contributed by atoms with Crippen molar-refractivity contribution >= 4 is 29.0 Å². The number of hydrogen-bond acceptors (Lipinski definition) is 7. The second-order valence-electron chi connectivity index (χ2n) is 7.24. The first kappa shape index (κ1) is 19.8. The average molecular weight is 408 g/mol. The van der Waals surface area contributed by atoms with Crippen molar-refractivity contribution < 1.29 is 14.3 Å². The fraction of sp³-hybridized carbons (Fsp3) is 0.381. The van der Waals surface area contributed by atoms with Crippen LogP contribution in [0.1, 0.15) is 41.9 Å². The lowest BCUT2D eigenvalue weighted by Gasteiger charge is -2.27. The third kappa shape index (κ3) is 4.40. The molecule has 0 saturated carbocycles. The van der Waals surface area contributed by atoms with Gasteiger partial charge in [0.25, 0.3) is 0 Å². The minimum absolute atomic E-state index is 0.148.